The third-order valence-corrected chi connectivity index (χ3v) is 7.02. The maximum absolute atomic E-state index is 12.9. The van der Waals surface area contributed by atoms with Crippen LogP contribution in [0, 0.1) is 19.8 Å². The van der Waals surface area contributed by atoms with Gasteiger partial charge in [-0.3, -0.25) is 0 Å². The molecule has 0 spiro atoms. The van der Waals surface area contributed by atoms with E-state index in [4.69, 9.17) is 9.26 Å². The van der Waals surface area contributed by atoms with E-state index in [-0.39, 0.29) is 11.0 Å². The van der Waals surface area contributed by atoms with E-state index in [1.807, 2.05) is 18.2 Å². The van der Waals surface area contributed by atoms with Crippen LogP contribution in [0.5, 0.6) is 0 Å². The molecule has 136 valence electrons. The molecule has 1 atom stereocenters. The second kappa shape index (κ2) is 7.27. The molecule has 3 rings (SSSR count). The summed E-state index contributed by atoms with van der Waals surface area (Å²) >= 11 is 0. The van der Waals surface area contributed by atoms with Crippen LogP contribution < -0.4 is 0 Å². The molecule has 0 N–H and O–H groups in total. The van der Waals surface area contributed by atoms with Gasteiger partial charge in [0.1, 0.15) is 10.6 Å². The van der Waals surface area contributed by atoms with E-state index in [0.29, 0.717) is 30.5 Å². The van der Waals surface area contributed by atoms with Crippen molar-refractivity contribution < 1.29 is 17.7 Å². The Bertz CT molecular complexity index is 789. The largest absolute Gasteiger partial charge is 0.376 e. The fraction of sp³-hybridized carbons (Fsp3) is 0.500. The number of sulfonamides is 1. The predicted octanol–water partition coefficient (Wildman–Crippen LogP) is 3.08. The fourth-order valence-corrected chi connectivity index (χ4v) is 5.40. The predicted molar refractivity (Wildman–Crippen MR) is 93.7 cm³/mol. The Morgan fingerprint density at radius 3 is 2.36 bits per heavy atom. The van der Waals surface area contributed by atoms with Crippen molar-refractivity contribution >= 4 is 10.0 Å². The van der Waals surface area contributed by atoms with E-state index < -0.39 is 10.0 Å². The van der Waals surface area contributed by atoms with Gasteiger partial charge in [-0.1, -0.05) is 35.5 Å². The number of aromatic nitrogens is 1. The highest BCUT2D eigenvalue weighted by Gasteiger charge is 2.36. The van der Waals surface area contributed by atoms with Crippen molar-refractivity contribution in [3.63, 3.8) is 0 Å². The van der Waals surface area contributed by atoms with Gasteiger partial charge in [0.25, 0.3) is 0 Å². The maximum Gasteiger partial charge on any atom is 0.248 e. The van der Waals surface area contributed by atoms with Crippen LogP contribution in [-0.2, 0) is 14.8 Å². The van der Waals surface area contributed by atoms with Gasteiger partial charge in [0.2, 0.25) is 10.0 Å². The van der Waals surface area contributed by atoms with Gasteiger partial charge >= 0.3 is 0 Å². The molecule has 2 heterocycles. The smallest absolute Gasteiger partial charge is 0.248 e. The quantitative estimate of drug-likeness (QED) is 0.815. The van der Waals surface area contributed by atoms with E-state index in [0.717, 1.165) is 18.4 Å². The Labute approximate surface area is 148 Å². The average Bonchev–Trinajstić information content (AvgIpc) is 2.96. The number of nitrogens with zero attached hydrogens (tertiary/aromatic N) is 2. The molecule has 0 bridgehead atoms. The first-order chi connectivity index (χ1) is 11.9. The monoisotopic (exact) mass is 364 g/mol. The van der Waals surface area contributed by atoms with Gasteiger partial charge < -0.3 is 9.26 Å². The van der Waals surface area contributed by atoms with Crippen molar-refractivity contribution in [3.8, 4) is 0 Å². The van der Waals surface area contributed by atoms with Crippen LogP contribution in [-0.4, -0.2) is 38.1 Å². The van der Waals surface area contributed by atoms with Gasteiger partial charge in [-0.2, -0.15) is 4.31 Å². The lowest BCUT2D eigenvalue weighted by Gasteiger charge is -2.35. The maximum atomic E-state index is 12.9. The number of rotatable bonds is 5. The van der Waals surface area contributed by atoms with Crippen molar-refractivity contribution in [1.29, 1.82) is 0 Å². The molecule has 0 amide bonds. The summed E-state index contributed by atoms with van der Waals surface area (Å²) in [5.74, 6) is 0.641. The summed E-state index contributed by atoms with van der Waals surface area (Å²) in [5.41, 5.74) is 1.55. The lowest BCUT2D eigenvalue weighted by Crippen LogP contribution is -2.40. The van der Waals surface area contributed by atoms with E-state index in [9.17, 15) is 8.42 Å². The van der Waals surface area contributed by atoms with Crippen LogP contribution in [0.3, 0.4) is 0 Å². The molecule has 1 saturated heterocycles. The summed E-state index contributed by atoms with van der Waals surface area (Å²) in [6.45, 7) is 4.25. The van der Waals surface area contributed by atoms with E-state index in [2.05, 4.69) is 17.3 Å². The lowest BCUT2D eigenvalue weighted by atomic mass is 9.88. The number of aryl methyl sites for hydroxylation is 2. The summed E-state index contributed by atoms with van der Waals surface area (Å²) < 4.78 is 38.1. The Kier molecular flexibility index (Phi) is 5.27. The molecule has 1 aromatic heterocycles. The fourth-order valence-electron chi connectivity index (χ4n) is 3.63. The Hall–Kier alpha value is -1.70. The van der Waals surface area contributed by atoms with E-state index in [1.165, 1.54) is 4.31 Å². The number of hydrogen-bond donors (Lipinski definition) is 0. The van der Waals surface area contributed by atoms with Gasteiger partial charge in [0, 0.05) is 20.2 Å². The van der Waals surface area contributed by atoms with Gasteiger partial charge in [-0.15, -0.1) is 0 Å². The Morgan fingerprint density at radius 2 is 1.84 bits per heavy atom. The first-order valence-electron chi connectivity index (χ1n) is 8.46. The number of benzene rings is 1. The summed E-state index contributed by atoms with van der Waals surface area (Å²) in [4.78, 5) is 0.206. The third kappa shape index (κ3) is 3.49. The minimum Gasteiger partial charge on any atom is -0.376 e. The molecule has 1 aromatic carbocycles. The normalized spacial score (nSPS) is 18.4. The number of piperidine rings is 1. The van der Waals surface area contributed by atoms with Gasteiger partial charge in [0.05, 0.1) is 6.10 Å². The highest BCUT2D eigenvalue weighted by Crippen LogP contribution is 2.35. The summed E-state index contributed by atoms with van der Waals surface area (Å²) in [6, 6.07) is 10.1. The van der Waals surface area contributed by atoms with Crippen LogP contribution in [0.1, 0.15) is 36.0 Å². The zero-order valence-corrected chi connectivity index (χ0v) is 15.6. The van der Waals surface area contributed by atoms with Crippen molar-refractivity contribution in [2.45, 2.75) is 37.7 Å². The molecule has 7 heteroatoms. The number of hydrogen-bond acceptors (Lipinski definition) is 5. The lowest BCUT2D eigenvalue weighted by molar-refractivity contribution is 0.0303. The average molecular weight is 364 g/mol. The molecule has 2 aromatic rings. The summed E-state index contributed by atoms with van der Waals surface area (Å²) in [7, 11) is -1.85. The molecule has 25 heavy (non-hydrogen) atoms. The molecular formula is C18H24N2O4S. The zero-order valence-electron chi connectivity index (χ0n) is 14.8. The molecule has 0 saturated carbocycles. The molecule has 1 fully saturated rings. The van der Waals surface area contributed by atoms with Crippen molar-refractivity contribution in [1.82, 2.24) is 9.46 Å². The van der Waals surface area contributed by atoms with Crippen LogP contribution in [0.4, 0.5) is 0 Å². The highest BCUT2D eigenvalue weighted by atomic mass is 32.2. The van der Waals surface area contributed by atoms with Crippen molar-refractivity contribution in [3.05, 3.63) is 47.3 Å². The molecule has 1 unspecified atom stereocenters. The van der Waals surface area contributed by atoms with E-state index in [1.54, 1.807) is 21.0 Å². The SMILES string of the molecule is COC(c1ccccc1)C1CCN(S(=O)(=O)c2c(C)noc2C)CC1. The highest BCUT2D eigenvalue weighted by molar-refractivity contribution is 7.89. The van der Waals surface area contributed by atoms with Gasteiger partial charge in [0.15, 0.2) is 5.76 Å². The van der Waals surface area contributed by atoms with Crippen LogP contribution >= 0.6 is 0 Å². The summed E-state index contributed by atoms with van der Waals surface area (Å²) in [6.07, 6.45) is 1.51. The molecule has 0 radical (unpaired) electrons. The second-order valence-electron chi connectivity index (χ2n) is 6.46. The van der Waals surface area contributed by atoms with Gasteiger partial charge in [-0.25, -0.2) is 8.42 Å². The van der Waals surface area contributed by atoms with Gasteiger partial charge in [-0.05, 0) is 38.2 Å². The van der Waals surface area contributed by atoms with Crippen molar-refractivity contribution in [2.24, 2.45) is 5.92 Å². The molecule has 1 aliphatic heterocycles. The number of methoxy groups -OCH3 is 1. The Morgan fingerprint density at radius 1 is 1.20 bits per heavy atom. The third-order valence-electron chi connectivity index (χ3n) is 4.87. The topological polar surface area (TPSA) is 72.6 Å². The first kappa shape index (κ1) is 18.1. The van der Waals surface area contributed by atoms with Crippen LogP contribution in [0.2, 0.25) is 0 Å². The van der Waals surface area contributed by atoms with Crippen LogP contribution in [0.15, 0.2) is 39.8 Å². The molecule has 1 aliphatic rings. The minimum absolute atomic E-state index is 0.00915. The second-order valence-corrected chi connectivity index (χ2v) is 8.34. The minimum atomic E-state index is -3.56. The molecule has 6 nitrogen and oxygen atoms in total. The summed E-state index contributed by atoms with van der Waals surface area (Å²) in [5, 5.41) is 3.77. The Balaban J connectivity index is 1.73. The zero-order chi connectivity index (χ0) is 18.0. The number of ether oxygens (including phenoxy) is 1. The first-order valence-corrected chi connectivity index (χ1v) is 9.90. The molecule has 0 aliphatic carbocycles. The standard InChI is InChI=1S/C18H24N2O4S/c1-13-18(14(2)24-19-13)25(21,22)20-11-9-16(10-12-20)17(23-3)15-7-5-4-6-8-15/h4-8,16-17H,9-12H2,1-3H3. The van der Waals surface area contributed by atoms with E-state index >= 15 is 0 Å². The van der Waals surface area contributed by atoms with Crippen molar-refractivity contribution in [2.75, 3.05) is 20.2 Å². The van der Waals surface area contributed by atoms with Crippen LogP contribution in [0.25, 0.3) is 0 Å². The molecular weight excluding hydrogens is 340 g/mol.